The summed E-state index contributed by atoms with van der Waals surface area (Å²) in [6.45, 7) is 8.86. The topological polar surface area (TPSA) is 97.3 Å². The summed E-state index contributed by atoms with van der Waals surface area (Å²) in [6.07, 6.45) is 0.714. The molecule has 0 radical (unpaired) electrons. The van der Waals surface area contributed by atoms with Gasteiger partial charge in [-0.2, -0.15) is 0 Å². The average Bonchev–Trinajstić information content (AvgIpc) is 2.96. The van der Waals surface area contributed by atoms with Crippen LogP contribution < -0.4 is 16.0 Å². The molecule has 1 atom stereocenters. The Morgan fingerprint density at radius 1 is 1.55 bits per heavy atom. The van der Waals surface area contributed by atoms with Gasteiger partial charge in [0.25, 0.3) is 0 Å². The first kappa shape index (κ1) is 14.8. The highest BCUT2D eigenvalue weighted by Gasteiger charge is 2.40. The van der Waals surface area contributed by atoms with Crippen molar-refractivity contribution in [2.75, 3.05) is 24.5 Å². The summed E-state index contributed by atoms with van der Waals surface area (Å²) in [4.78, 5) is 13.3. The number of nitrogens with one attached hydrogen (secondary N) is 1. The molecule has 20 heavy (non-hydrogen) atoms. The quantitative estimate of drug-likeness (QED) is 0.789. The summed E-state index contributed by atoms with van der Waals surface area (Å²) < 4.78 is 5.61. The number of hydrogen-bond acceptors (Lipinski definition) is 6. The van der Waals surface area contributed by atoms with Gasteiger partial charge in [0.15, 0.2) is 0 Å². The van der Waals surface area contributed by atoms with Gasteiger partial charge in [-0.05, 0) is 25.8 Å². The molecule has 112 valence electrons. The Balaban J connectivity index is 1.91. The van der Waals surface area contributed by atoms with Crippen LogP contribution >= 0.6 is 0 Å². The van der Waals surface area contributed by atoms with Crippen molar-refractivity contribution >= 4 is 11.9 Å². The fraction of sp³-hybridized carbons (Fsp3) is 0.769. The number of primary amides is 1. The summed E-state index contributed by atoms with van der Waals surface area (Å²) in [5.41, 5.74) is 4.92. The highest BCUT2D eigenvalue weighted by molar-refractivity contribution is 5.81. The maximum atomic E-state index is 11.4. The van der Waals surface area contributed by atoms with Gasteiger partial charge in [-0.15, -0.1) is 5.10 Å². The number of carbonyl (C=O) groups is 1. The summed E-state index contributed by atoms with van der Waals surface area (Å²) in [7, 11) is 0. The van der Waals surface area contributed by atoms with Crippen LogP contribution in [0.2, 0.25) is 0 Å². The standard InChI is InChI=1S/C13H23N5O2/c1-9(2)6-15-7-10-16-17-12(20-10)18-5-4-13(3,8-18)11(14)19/h9,15H,4-8H2,1-3H3,(H2,14,19). The predicted molar refractivity (Wildman–Crippen MR) is 75.0 cm³/mol. The molecule has 2 heterocycles. The Hall–Kier alpha value is -1.63. The maximum absolute atomic E-state index is 11.4. The first-order valence-electron chi connectivity index (χ1n) is 6.99. The van der Waals surface area contributed by atoms with Gasteiger partial charge in [0, 0.05) is 13.1 Å². The Bertz CT molecular complexity index is 473. The molecule has 1 aliphatic heterocycles. The van der Waals surface area contributed by atoms with Crippen LogP contribution in [0.1, 0.15) is 33.1 Å². The minimum atomic E-state index is -0.509. The smallest absolute Gasteiger partial charge is 0.318 e. The second-order valence-corrected chi connectivity index (χ2v) is 6.10. The van der Waals surface area contributed by atoms with Gasteiger partial charge in [0.2, 0.25) is 11.8 Å². The van der Waals surface area contributed by atoms with Gasteiger partial charge in [-0.25, -0.2) is 0 Å². The molecule has 0 aliphatic carbocycles. The SMILES string of the molecule is CC(C)CNCc1nnc(N2CCC(C)(C(N)=O)C2)o1. The number of anilines is 1. The van der Waals surface area contributed by atoms with E-state index in [1.807, 2.05) is 11.8 Å². The predicted octanol–water partition coefficient (Wildman–Crippen LogP) is 0.517. The van der Waals surface area contributed by atoms with Crippen molar-refractivity contribution in [3.8, 4) is 0 Å². The molecule has 1 amide bonds. The largest absolute Gasteiger partial charge is 0.407 e. The van der Waals surface area contributed by atoms with Crippen molar-refractivity contribution in [2.45, 2.75) is 33.7 Å². The van der Waals surface area contributed by atoms with Crippen molar-refractivity contribution in [1.82, 2.24) is 15.5 Å². The van der Waals surface area contributed by atoms with Crippen LogP contribution in [0.4, 0.5) is 6.01 Å². The van der Waals surface area contributed by atoms with E-state index in [-0.39, 0.29) is 5.91 Å². The van der Waals surface area contributed by atoms with Crippen LogP contribution in [0.15, 0.2) is 4.42 Å². The first-order valence-corrected chi connectivity index (χ1v) is 6.99. The van der Waals surface area contributed by atoms with Crippen LogP contribution in [0.25, 0.3) is 0 Å². The summed E-state index contributed by atoms with van der Waals surface area (Å²) in [6, 6.07) is 0.469. The van der Waals surface area contributed by atoms with Crippen molar-refractivity contribution < 1.29 is 9.21 Å². The van der Waals surface area contributed by atoms with Crippen LogP contribution in [-0.4, -0.2) is 35.7 Å². The van der Waals surface area contributed by atoms with Gasteiger partial charge in [0.1, 0.15) is 0 Å². The van der Waals surface area contributed by atoms with E-state index in [2.05, 4.69) is 29.4 Å². The molecular weight excluding hydrogens is 258 g/mol. The molecule has 1 unspecified atom stereocenters. The molecule has 7 nitrogen and oxygen atoms in total. The maximum Gasteiger partial charge on any atom is 0.318 e. The highest BCUT2D eigenvalue weighted by Crippen LogP contribution is 2.32. The Labute approximate surface area is 118 Å². The zero-order valence-electron chi connectivity index (χ0n) is 12.3. The molecule has 1 fully saturated rings. The second-order valence-electron chi connectivity index (χ2n) is 6.10. The van der Waals surface area contributed by atoms with Crippen LogP contribution in [0.5, 0.6) is 0 Å². The van der Waals surface area contributed by atoms with E-state index in [1.165, 1.54) is 0 Å². The molecule has 1 saturated heterocycles. The fourth-order valence-corrected chi connectivity index (χ4v) is 2.24. The Morgan fingerprint density at radius 2 is 2.30 bits per heavy atom. The minimum absolute atomic E-state index is 0.279. The molecule has 0 saturated carbocycles. The number of amides is 1. The number of carbonyl (C=O) groups excluding carboxylic acids is 1. The van der Waals surface area contributed by atoms with Crippen LogP contribution in [-0.2, 0) is 11.3 Å². The van der Waals surface area contributed by atoms with E-state index < -0.39 is 5.41 Å². The third kappa shape index (κ3) is 3.27. The van der Waals surface area contributed by atoms with Gasteiger partial charge < -0.3 is 20.4 Å². The van der Waals surface area contributed by atoms with Gasteiger partial charge >= 0.3 is 6.01 Å². The third-order valence-corrected chi connectivity index (χ3v) is 3.62. The third-order valence-electron chi connectivity index (χ3n) is 3.62. The molecule has 1 aromatic rings. The highest BCUT2D eigenvalue weighted by atomic mass is 16.4. The van der Waals surface area contributed by atoms with Crippen molar-refractivity contribution in [3.05, 3.63) is 5.89 Å². The van der Waals surface area contributed by atoms with E-state index in [9.17, 15) is 4.79 Å². The summed E-state index contributed by atoms with van der Waals surface area (Å²) >= 11 is 0. The van der Waals surface area contributed by atoms with E-state index in [4.69, 9.17) is 10.2 Å². The molecule has 7 heteroatoms. The molecule has 1 aliphatic rings. The number of aromatic nitrogens is 2. The first-order chi connectivity index (χ1) is 9.40. The van der Waals surface area contributed by atoms with Crippen molar-refractivity contribution in [2.24, 2.45) is 17.1 Å². The molecule has 0 spiro atoms. The Kier molecular flexibility index (Phi) is 4.27. The number of nitrogens with zero attached hydrogens (tertiary/aromatic N) is 3. The lowest BCUT2D eigenvalue weighted by Crippen LogP contribution is -2.37. The van der Waals surface area contributed by atoms with Gasteiger partial charge in [0.05, 0.1) is 12.0 Å². The number of nitrogens with two attached hydrogens (primary N) is 1. The second kappa shape index (κ2) is 5.78. The summed E-state index contributed by atoms with van der Waals surface area (Å²) in [5.74, 6) is 0.860. The van der Waals surface area contributed by atoms with E-state index >= 15 is 0 Å². The zero-order valence-corrected chi connectivity index (χ0v) is 12.3. The molecule has 2 rings (SSSR count). The molecule has 0 bridgehead atoms. The lowest BCUT2D eigenvalue weighted by Gasteiger charge is -2.19. The van der Waals surface area contributed by atoms with E-state index in [1.54, 1.807) is 0 Å². The van der Waals surface area contributed by atoms with Crippen molar-refractivity contribution in [3.63, 3.8) is 0 Å². The number of rotatable bonds is 6. The zero-order chi connectivity index (χ0) is 14.8. The van der Waals surface area contributed by atoms with Crippen molar-refractivity contribution in [1.29, 1.82) is 0 Å². The van der Waals surface area contributed by atoms with E-state index in [0.717, 1.165) is 6.54 Å². The van der Waals surface area contributed by atoms with Gasteiger partial charge in [-0.3, -0.25) is 4.79 Å². The van der Waals surface area contributed by atoms with E-state index in [0.29, 0.717) is 43.9 Å². The molecule has 0 aromatic carbocycles. The Morgan fingerprint density at radius 3 is 2.90 bits per heavy atom. The lowest BCUT2D eigenvalue weighted by molar-refractivity contribution is -0.125. The monoisotopic (exact) mass is 281 g/mol. The van der Waals surface area contributed by atoms with Crippen LogP contribution in [0, 0.1) is 11.3 Å². The normalized spacial score (nSPS) is 22.7. The van der Waals surface area contributed by atoms with Gasteiger partial charge in [-0.1, -0.05) is 18.9 Å². The molecule has 3 N–H and O–H groups in total. The summed E-state index contributed by atoms with van der Waals surface area (Å²) in [5, 5.41) is 11.3. The minimum Gasteiger partial charge on any atom is -0.407 e. The number of hydrogen-bond donors (Lipinski definition) is 2. The molecular formula is C13H23N5O2. The molecule has 1 aromatic heterocycles. The lowest BCUT2D eigenvalue weighted by atomic mass is 9.89. The average molecular weight is 281 g/mol. The van der Waals surface area contributed by atoms with Crippen LogP contribution in [0.3, 0.4) is 0 Å². The fourth-order valence-electron chi connectivity index (χ4n) is 2.24.